The summed E-state index contributed by atoms with van der Waals surface area (Å²) < 4.78 is 0. The van der Waals surface area contributed by atoms with Gasteiger partial charge in [0, 0.05) is 62.4 Å². The van der Waals surface area contributed by atoms with Crippen LogP contribution in [0.4, 0.5) is 15.3 Å². The molecule has 7 nitrogen and oxygen atoms in total. The molecule has 2 saturated heterocycles. The number of amides is 4. The molecule has 0 bridgehead atoms. The molecule has 2 aliphatic heterocycles. The molecule has 2 aliphatic rings. The summed E-state index contributed by atoms with van der Waals surface area (Å²) in [6.07, 6.45) is 4.04. The van der Waals surface area contributed by atoms with Crippen LogP contribution in [-0.2, 0) is 0 Å². The van der Waals surface area contributed by atoms with Crippen LogP contribution in [0.2, 0.25) is 0 Å². The Bertz CT molecular complexity index is 690. The van der Waals surface area contributed by atoms with Crippen molar-refractivity contribution in [2.24, 2.45) is 0 Å². The van der Waals surface area contributed by atoms with Crippen molar-refractivity contribution in [3.05, 3.63) is 24.3 Å². The minimum absolute atomic E-state index is 0.000769. The molecule has 4 amide bonds. The summed E-state index contributed by atoms with van der Waals surface area (Å²) in [6, 6.07) is 7.88. The van der Waals surface area contributed by atoms with Gasteiger partial charge in [-0.3, -0.25) is 4.90 Å². The molecule has 0 radical (unpaired) electrons. The van der Waals surface area contributed by atoms with E-state index in [0.717, 1.165) is 44.7 Å². The van der Waals surface area contributed by atoms with Gasteiger partial charge in [-0.1, -0.05) is 6.92 Å². The van der Waals surface area contributed by atoms with Gasteiger partial charge in [0.1, 0.15) is 0 Å². The fourth-order valence-corrected chi connectivity index (χ4v) is 4.63. The van der Waals surface area contributed by atoms with Crippen LogP contribution in [0.15, 0.2) is 29.2 Å². The van der Waals surface area contributed by atoms with E-state index < -0.39 is 0 Å². The quantitative estimate of drug-likeness (QED) is 0.756. The van der Waals surface area contributed by atoms with E-state index in [9.17, 15) is 9.59 Å². The number of anilines is 1. The maximum absolute atomic E-state index is 12.6. The second-order valence-electron chi connectivity index (χ2n) is 7.44. The molecule has 0 aliphatic carbocycles. The summed E-state index contributed by atoms with van der Waals surface area (Å²) in [5.41, 5.74) is 0.857. The maximum atomic E-state index is 12.6. The largest absolute Gasteiger partial charge is 0.341 e. The Morgan fingerprint density at radius 3 is 2.29 bits per heavy atom. The van der Waals surface area contributed by atoms with Crippen molar-refractivity contribution < 1.29 is 9.59 Å². The van der Waals surface area contributed by atoms with Crippen LogP contribution in [-0.4, -0.2) is 84.9 Å². The molecule has 2 heterocycles. The van der Waals surface area contributed by atoms with E-state index in [2.05, 4.69) is 22.5 Å². The fraction of sp³-hybridized carbons (Fsp3) is 0.600. The molecule has 0 saturated carbocycles. The highest BCUT2D eigenvalue weighted by Gasteiger charge is 2.44. The molecule has 1 aromatic rings. The van der Waals surface area contributed by atoms with Crippen molar-refractivity contribution in [3.8, 4) is 0 Å². The van der Waals surface area contributed by atoms with Gasteiger partial charge in [0.15, 0.2) is 0 Å². The summed E-state index contributed by atoms with van der Waals surface area (Å²) in [5, 5.41) is 5.73. The molecule has 0 aromatic heterocycles. The minimum Gasteiger partial charge on any atom is -0.341 e. The smallest absolute Gasteiger partial charge is 0.321 e. The number of hydrogen-bond acceptors (Lipinski definition) is 4. The summed E-state index contributed by atoms with van der Waals surface area (Å²) in [4.78, 5) is 32.0. The van der Waals surface area contributed by atoms with Gasteiger partial charge in [-0.25, -0.2) is 9.59 Å². The molecular weight excluding hydrogens is 374 g/mol. The van der Waals surface area contributed by atoms with Crippen LogP contribution < -0.4 is 10.6 Å². The van der Waals surface area contributed by atoms with Gasteiger partial charge in [0.25, 0.3) is 0 Å². The van der Waals surface area contributed by atoms with Gasteiger partial charge >= 0.3 is 12.1 Å². The van der Waals surface area contributed by atoms with E-state index in [4.69, 9.17) is 0 Å². The Labute approximate surface area is 171 Å². The van der Waals surface area contributed by atoms with Crippen LogP contribution in [0.5, 0.6) is 0 Å². The molecule has 154 valence electrons. The zero-order valence-corrected chi connectivity index (χ0v) is 17.8. The molecule has 1 aromatic carbocycles. The van der Waals surface area contributed by atoms with Gasteiger partial charge in [0.2, 0.25) is 0 Å². The van der Waals surface area contributed by atoms with Crippen LogP contribution in [0.25, 0.3) is 0 Å². The summed E-state index contributed by atoms with van der Waals surface area (Å²) in [7, 11) is 1.68. The lowest BCUT2D eigenvalue weighted by molar-refractivity contribution is 0.0477. The van der Waals surface area contributed by atoms with Crippen molar-refractivity contribution >= 4 is 29.5 Å². The van der Waals surface area contributed by atoms with E-state index in [0.29, 0.717) is 13.1 Å². The number of rotatable bonds is 4. The molecule has 0 spiro atoms. The molecular formula is C20H31N5O2S. The summed E-state index contributed by atoms with van der Waals surface area (Å²) >= 11 is 1.68. The van der Waals surface area contributed by atoms with Crippen LogP contribution in [0, 0.1) is 0 Å². The van der Waals surface area contributed by atoms with Crippen molar-refractivity contribution in [2.45, 2.75) is 30.2 Å². The highest BCUT2D eigenvalue weighted by atomic mass is 32.2. The predicted molar refractivity (Wildman–Crippen MR) is 114 cm³/mol. The number of thioether (sulfide) groups is 1. The lowest BCUT2D eigenvalue weighted by Crippen LogP contribution is -2.59. The van der Waals surface area contributed by atoms with Crippen molar-refractivity contribution in [1.29, 1.82) is 0 Å². The number of urea groups is 2. The first kappa shape index (κ1) is 20.8. The number of nitrogens with zero attached hydrogens (tertiary/aromatic N) is 3. The van der Waals surface area contributed by atoms with E-state index in [-0.39, 0.29) is 17.6 Å². The Balaban J connectivity index is 1.54. The van der Waals surface area contributed by atoms with E-state index in [1.54, 1.807) is 18.8 Å². The average molecular weight is 406 g/mol. The van der Waals surface area contributed by atoms with Crippen molar-refractivity contribution in [1.82, 2.24) is 20.0 Å². The third-order valence-corrected chi connectivity index (χ3v) is 6.81. The number of piperazine rings is 1. The fourth-order valence-electron chi connectivity index (χ4n) is 4.22. The van der Waals surface area contributed by atoms with Gasteiger partial charge in [-0.05, 0) is 43.4 Å². The Morgan fingerprint density at radius 2 is 1.71 bits per heavy atom. The maximum Gasteiger partial charge on any atom is 0.321 e. The SMILES string of the molecule is CCC1(N2CCN(C(=O)Nc3ccc(SC)cc3)CC2)CCN(C(=O)NC)C1. The first-order valence-corrected chi connectivity index (χ1v) is 11.2. The first-order valence-electron chi connectivity index (χ1n) is 9.93. The van der Waals surface area contributed by atoms with Crippen LogP contribution >= 0.6 is 11.8 Å². The lowest BCUT2D eigenvalue weighted by atomic mass is 9.92. The average Bonchev–Trinajstić information content (AvgIpc) is 3.20. The molecule has 28 heavy (non-hydrogen) atoms. The first-order chi connectivity index (χ1) is 13.5. The van der Waals surface area contributed by atoms with Gasteiger partial charge in [0.05, 0.1) is 0 Å². The zero-order chi connectivity index (χ0) is 20.1. The summed E-state index contributed by atoms with van der Waals surface area (Å²) in [5.74, 6) is 0. The monoisotopic (exact) mass is 405 g/mol. The highest BCUT2D eigenvalue weighted by Crippen LogP contribution is 2.32. The number of hydrogen-bond donors (Lipinski definition) is 2. The Morgan fingerprint density at radius 1 is 1.04 bits per heavy atom. The molecule has 8 heteroatoms. The van der Waals surface area contributed by atoms with Crippen molar-refractivity contribution in [2.75, 3.05) is 57.9 Å². The number of likely N-dealkylation sites (tertiary alicyclic amines) is 1. The van der Waals surface area contributed by atoms with E-state index in [1.165, 1.54) is 4.90 Å². The highest BCUT2D eigenvalue weighted by molar-refractivity contribution is 7.98. The van der Waals surface area contributed by atoms with Crippen LogP contribution in [0.3, 0.4) is 0 Å². The predicted octanol–water partition coefficient (Wildman–Crippen LogP) is 2.75. The zero-order valence-electron chi connectivity index (χ0n) is 17.0. The standard InChI is InChI=1S/C20H31N5O2S/c1-4-20(9-10-24(15-20)18(26)21-2)25-13-11-23(12-14-25)19(27)22-16-5-7-17(28-3)8-6-16/h5-8H,4,9-15H2,1-3H3,(H,21,26)(H,22,27). The van der Waals surface area contributed by atoms with E-state index >= 15 is 0 Å². The minimum atomic E-state index is -0.0412. The van der Waals surface area contributed by atoms with Crippen molar-refractivity contribution in [3.63, 3.8) is 0 Å². The summed E-state index contributed by atoms with van der Waals surface area (Å²) in [6.45, 7) is 6.84. The number of nitrogens with one attached hydrogen (secondary N) is 2. The van der Waals surface area contributed by atoms with Gasteiger partial charge in [-0.2, -0.15) is 0 Å². The number of carbonyl (C=O) groups is 2. The normalized spacial score (nSPS) is 23.0. The second-order valence-corrected chi connectivity index (χ2v) is 8.32. The van der Waals surface area contributed by atoms with E-state index in [1.807, 2.05) is 40.3 Å². The molecule has 2 fully saturated rings. The molecule has 2 N–H and O–H groups in total. The Kier molecular flexibility index (Phi) is 6.72. The molecule has 3 rings (SSSR count). The molecule has 1 atom stereocenters. The third kappa shape index (κ3) is 4.38. The van der Waals surface area contributed by atoms with Crippen LogP contribution in [0.1, 0.15) is 19.8 Å². The molecule has 1 unspecified atom stereocenters. The van der Waals surface area contributed by atoms with Gasteiger partial charge in [-0.15, -0.1) is 11.8 Å². The second kappa shape index (κ2) is 9.05. The third-order valence-electron chi connectivity index (χ3n) is 6.07. The lowest BCUT2D eigenvalue weighted by Gasteiger charge is -2.45. The Hall–Kier alpha value is -1.93. The number of benzene rings is 1. The van der Waals surface area contributed by atoms with Gasteiger partial charge < -0.3 is 20.4 Å². The number of carbonyl (C=O) groups excluding carboxylic acids is 2. The topological polar surface area (TPSA) is 67.9 Å².